The minimum atomic E-state index is -0.414. The molecule has 2 aliphatic heterocycles. The second-order valence-electron chi connectivity index (χ2n) is 8.04. The molecule has 0 atom stereocenters. The maximum atomic E-state index is 12.9. The molecule has 2 aliphatic rings. The Morgan fingerprint density at radius 2 is 1.71 bits per heavy atom. The Morgan fingerprint density at radius 1 is 1.00 bits per heavy atom. The van der Waals surface area contributed by atoms with Gasteiger partial charge in [-0.05, 0) is 44.0 Å². The van der Waals surface area contributed by atoms with Crippen LogP contribution in [0.25, 0.3) is 0 Å². The van der Waals surface area contributed by atoms with Gasteiger partial charge >= 0.3 is 6.03 Å². The van der Waals surface area contributed by atoms with Crippen LogP contribution in [0.3, 0.4) is 0 Å². The van der Waals surface area contributed by atoms with E-state index in [1.807, 2.05) is 11.8 Å². The predicted molar refractivity (Wildman–Crippen MR) is 116 cm³/mol. The monoisotopic (exact) mass is 422 g/mol. The average molecular weight is 422 g/mol. The molecule has 4 heterocycles. The van der Waals surface area contributed by atoms with Gasteiger partial charge in [0.25, 0.3) is 11.8 Å². The first-order valence-corrected chi connectivity index (χ1v) is 10.3. The lowest BCUT2D eigenvalue weighted by molar-refractivity contribution is -0.123. The smallest absolute Gasteiger partial charge is 0.332 e. The normalized spacial score (nSPS) is 17.0. The summed E-state index contributed by atoms with van der Waals surface area (Å²) in [5, 5.41) is 0. The number of carbonyl (C=O) groups excluding carboxylic acids is 3. The number of nitrogens with zero attached hydrogens (tertiary/aromatic N) is 6. The number of rotatable bonds is 3. The molecule has 31 heavy (non-hydrogen) atoms. The lowest BCUT2D eigenvalue weighted by Gasteiger charge is -2.36. The highest BCUT2D eigenvalue weighted by molar-refractivity contribution is 6.11. The molecule has 2 saturated heterocycles. The minimum Gasteiger partial charge on any atom is -0.353 e. The molecule has 0 bridgehead atoms. The summed E-state index contributed by atoms with van der Waals surface area (Å²) >= 11 is 0. The van der Waals surface area contributed by atoms with Crippen molar-refractivity contribution >= 4 is 29.5 Å². The van der Waals surface area contributed by atoms with E-state index in [9.17, 15) is 14.4 Å². The highest BCUT2D eigenvalue weighted by Crippen LogP contribution is 2.23. The topological polar surface area (TPSA) is 90.0 Å². The number of piperazine rings is 1. The van der Waals surface area contributed by atoms with E-state index in [0.717, 1.165) is 22.0 Å². The summed E-state index contributed by atoms with van der Waals surface area (Å²) in [6.07, 6.45) is 1.47. The number of hydrogen-bond donors (Lipinski definition) is 0. The number of amides is 4. The summed E-state index contributed by atoms with van der Waals surface area (Å²) < 4.78 is 0. The summed E-state index contributed by atoms with van der Waals surface area (Å²) in [6, 6.07) is 5.00. The number of carbonyl (C=O) groups is 3. The number of likely N-dealkylation sites (N-methyl/N-ethyl adjacent to an activating group) is 1. The molecular formula is C22H26N6O3. The third-order valence-corrected chi connectivity index (χ3v) is 5.95. The van der Waals surface area contributed by atoms with E-state index in [-0.39, 0.29) is 18.4 Å². The highest BCUT2D eigenvalue weighted by atomic mass is 16.2. The summed E-state index contributed by atoms with van der Waals surface area (Å²) in [4.78, 5) is 52.1. The fourth-order valence-electron chi connectivity index (χ4n) is 3.90. The van der Waals surface area contributed by atoms with Crippen LogP contribution in [0.5, 0.6) is 0 Å². The van der Waals surface area contributed by atoms with Crippen LogP contribution in [0.15, 0.2) is 24.4 Å². The molecule has 0 aliphatic carbocycles. The highest BCUT2D eigenvalue weighted by Gasteiger charge is 2.35. The van der Waals surface area contributed by atoms with E-state index in [1.165, 1.54) is 23.7 Å². The first-order valence-electron chi connectivity index (χ1n) is 10.3. The molecule has 0 spiro atoms. The lowest BCUT2D eigenvalue weighted by Crippen LogP contribution is -2.49. The Kier molecular flexibility index (Phi) is 5.34. The molecule has 9 nitrogen and oxygen atoms in total. The first-order chi connectivity index (χ1) is 14.8. The van der Waals surface area contributed by atoms with Gasteiger partial charge in [-0.15, -0.1) is 0 Å². The number of pyridine rings is 2. The molecule has 2 aromatic rings. The Hall–Kier alpha value is -3.49. The van der Waals surface area contributed by atoms with E-state index in [0.29, 0.717) is 37.6 Å². The molecular weight excluding hydrogens is 396 g/mol. The Bertz CT molecular complexity index is 1040. The van der Waals surface area contributed by atoms with Crippen LogP contribution in [0, 0.1) is 20.8 Å². The zero-order valence-corrected chi connectivity index (χ0v) is 18.3. The molecule has 0 aromatic carbocycles. The molecule has 0 N–H and O–H groups in total. The van der Waals surface area contributed by atoms with Gasteiger partial charge in [0, 0.05) is 45.1 Å². The Labute approximate surface area is 181 Å². The van der Waals surface area contributed by atoms with E-state index < -0.39 is 6.03 Å². The van der Waals surface area contributed by atoms with Crippen molar-refractivity contribution in [2.24, 2.45) is 0 Å². The molecule has 2 aromatic heterocycles. The minimum absolute atomic E-state index is 0.0382. The van der Waals surface area contributed by atoms with Gasteiger partial charge in [0.1, 0.15) is 18.2 Å². The van der Waals surface area contributed by atoms with Gasteiger partial charge in [0.05, 0.1) is 5.56 Å². The fraction of sp³-hybridized carbons (Fsp3) is 0.409. The third kappa shape index (κ3) is 3.83. The quantitative estimate of drug-likeness (QED) is 0.701. The molecule has 0 unspecified atom stereocenters. The largest absolute Gasteiger partial charge is 0.353 e. The zero-order chi connectivity index (χ0) is 22.3. The van der Waals surface area contributed by atoms with Gasteiger partial charge in [0.15, 0.2) is 0 Å². The summed E-state index contributed by atoms with van der Waals surface area (Å²) in [5.41, 5.74) is 3.81. The van der Waals surface area contributed by atoms with Crippen LogP contribution in [0.4, 0.5) is 16.4 Å². The van der Waals surface area contributed by atoms with Crippen molar-refractivity contribution in [1.29, 1.82) is 0 Å². The van der Waals surface area contributed by atoms with Crippen molar-refractivity contribution in [3.63, 3.8) is 0 Å². The number of anilines is 2. The van der Waals surface area contributed by atoms with Gasteiger partial charge in [-0.25, -0.2) is 14.8 Å². The van der Waals surface area contributed by atoms with Crippen molar-refractivity contribution in [2.75, 3.05) is 49.6 Å². The van der Waals surface area contributed by atoms with Crippen LogP contribution in [0.1, 0.15) is 27.2 Å². The van der Waals surface area contributed by atoms with E-state index in [4.69, 9.17) is 4.98 Å². The Morgan fingerprint density at radius 3 is 2.29 bits per heavy atom. The van der Waals surface area contributed by atoms with Crippen LogP contribution in [0.2, 0.25) is 0 Å². The average Bonchev–Trinajstić information content (AvgIpc) is 3.03. The number of aromatic nitrogens is 2. The predicted octanol–water partition coefficient (Wildman–Crippen LogP) is 1.76. The molecule has 4 rings (SSSR count). The van der Waals surface area contributed by atoms with Gasteiger partial charge in [-0.1, -0.05) is 6.07 Å². The third-order valence-electron chi connectivity index (χ3n) is 5.95. The molecule has 4 amide bonds. The van der Waals surface area contributed by atoms with Crippen LogP contribution in [-0.2, 0) is 4.79 Å². The number of imide groups is 1. The van der Waals surface area contributed by atoms with Crippen molar-refractivity contribution < 1.29 is 14.4 Å². The summed E-state index contributed by atoms with van der Waals surface area (Å²) in [7, 11) is 1.44. The standard InChI is InChI=1S/C22H26N6O3/c1-14-11-15(2)20(24-16(14)3)26-7-9-27(10-8-26)21(30)17-5-6-18(23-12-17)28-13-19(29)25(4)22(28)31/h5-6,11-12H,7-10,13H2,1-4H3. The maximum absolute atomic E-state index is 12.9. The number of urea groups is 1. The van der Waals surface area contributed by atoms with Gasteiger partial charge in [0.2, 0.25) is 0 Å². The molecule has 2 fully saturated rings. The fourth-order valence-corrected chi connectivity index (χ4v) is 3.90. The molecule has 0 radical (unpaired) electrons. The van der Waals surface area contributed by atoms with Gasteiger partial charge < -0.3 is 9.80 Å². The van der Waals surface area contributed by atoms with Crippen molar-refractivity contribution in [1.82, 2.24) is 19.8 Å². The molecule has 162 valence electrons. The first kappa shape index (κ1) is 20.8. The second kappa shape index (κ2) is 7.98. The van der Waals surface area contributed by atoms with E-state index in [2.05, 4.69) is 29.8 Å². The Balaban J connectivity index is 1.41. The zero-order valence-electron chi connectivity index (χ0n) is 18.3. The summed E-state index contributed by atoms with van der Waals surface area (Å²) in [5.74, 6) is 0.971. The van der Waals surface area contributed by atoms with Crippen LogP contribution < -0.4 is 9.80 Å². The van der Waals surface area contributed by atoms with Crippen molar-refractivity contribution in [3.8, 4) is 0 Å². The molecule has 9 heteroatoms. The SMILES string of the molecule is Cc1cc(C)c(N2CCN(C(=O)c3ccc(N4CC(=O)N(C)C4=O)nc3)CC2)nc1C. The number of aryl methyl sites for hydroxylation is 3. The van der Waals surface area contributed by atoms with Crippen LogP contribution in [-0.4, -0.2) is 77.4 Å². The van der Waals surface area contributed by atoms with Crippen molar-refractivity contribution in [2.45, 2.75) is 20.8 Å². The number of hydrogen-bond acceptors (Lipinski definition) is 6. The van der Waals surface area contributed by atoms with Crippen molar-refractivity contribution in [3.05, 3.63) is 46.8 Å². The van der Waals surface area contributed by atoms with E-state index in [1.54, 1.807) is 12.1 Å². The summed E-state index contributed by atoms with van der Waals surface area (Å²) in [6.45, 7) is 8.72. The maximum Gasteiger partial charge on any atom is 0.332 e. The lowest BCUT2D eigenvalue weighted by atomic mass is 10.1. The van der Waals surface area contributed by atoms with Gasteiger partial charge in [-0.2, -0.15) is 0 Å². The second-order valence-corrected chi connectivity index (χ2v) is 8.04. The molecule has 0 saturated carbocycles. The van der Waals surface area contributed by atoms with Crippen LogP contribution >= 0.6 is 0 Å². The van der Waals surface area contributed by atoms with E-state index >= 15 is 0 Å². The van der Waals surface area contributed by atoms with Gasteiger partial charge in [-0.3, -0.25) is 19.4 Å².